The van der Waals surface area contributed by atoms with E-state index in [1.54, 1.807) is 0 Å². The van der Waals surface area contributed by atoms with Crippen molar-refractivity contribution >= 4 is 0 Å². The van der Waals surface area contributed by atoms with E-state index in [4.69, 9.17) is 5.73 Å². The Kier molecular flexibility index (Phi) is 4.66. The van der Waals surface area contributed by atoms with Crippen LogP contribution in [-0.2, 0) is 0 Å². The maximum atomic E-state index is 5.70. The standard InChI is InChI=1S/C14H28N2/c1-12(11-15)8-10-16-9-4-7-14(16)13-5-2-3-6-13/h12-14H,2-11,15H2,1H3. The molecule has 0 bridgehead atoms. The van der Waals surface area contributed by atoms with Crippen LogP contribution >= 0.6 is 0 Å². The first kappa shape index (κ1) is 12.4. The van der Waals surface area contributed by atoms with E-state index in [0.717, 1.165) is 18.5 Å². The maximum Gasteiger partial charge on any atom is 0.0124 e. The molecule has 1 saturated carbocycles. The molecular weight excluding hydrogens is 196 g/mol. The molecule has 2 N–H and O–H groups in total. The highest BCUT2D eigenvalue weighted by Gasteiger charge is 2.32. The van der Waals surface area contributed by atoms with Crippen molar-refractivity contribution in [3.05, 3.63) is 0 Å². The molecule has 2 rings (SSSR count). The molecule has 2 atom stereocenters. The Hall–Kier alpha value is -0.0800. The van der Waals surface area contributed by atoms with E-state index in [-0.39, 0.29) is 0 Å². The Labute approximate surface area is 101 Å². The van der Waals surface area contributed by atoms with Crippen LogP contribution in [0.1, 0.15) is 51.9 Å². The van der Waals surface area contributed by atoms with Crippen molar-refractivity contribution in [2.75, 3.05) is 19.6 Å². The lowest BCUT2D eigenvalue weighted by molar-refractivity contribution is 0.181. The van der Waals surface area contributed by atoms with Crippen LogP contribution in [0.2, 0.25) is 0 Å². The molecule has 0 amide bonds. The van der Waals surface area contributed by atoms with Crippen molar-refractivity contribution in [2.45, 2.75) is 57.9 Å². The van der Waals surface area contributed by atoms with Gasteiger partial charge in [-0.25, -0.2) is 0 Å². The molecule has 94 valence electrons. The summed E-state index contributed by atoms with van der Waals surface area (Å²) in [6.45, 7) is 5.76. The fourth-order valence-electron chi connectivity index (χ4n) is 3.51. The summed E-state index contributed by atoms with van der Waals surface area (Å²) in [6, 6.07) is 0.924. The first-order valence-corrected chi connectivity index (χ1v) is 7.25. The zero-order valence-corrected chi connectivity index (χ0v) is 10.8. The second-order valence-electron chi connectivity index (χ2n) is 5.92. The lowest BCUT2D eigenvalue weighted by Gasteiger charge is -2.30. The summed E-state index contributed by atoms with van der Waals surface area (Å²) in [5, 5.41) is 0. The van der Waals surface area contributed by atoms with E-state index in [1.807, 2.05) is 0 Å². The number of hydrogen-bond acceptors (Lipinski definition) is 2. The highest BCUT2D eigenvalue weighted by molar-refractivity contribution is 4.87. The highest BCUT2D eigenvalue weighted by atomic mass is 15.2. The van der Waals surface area contributed by atoms with Crippen molar-refractivity contribution < 1.29 is 0 Å². The normalized spacial score (nSPS) is 30.0. The molecule has 0 aromatic carbocycles. The van der Waals surface area contributed by atoms with Gasteiger partial charge in [-0.3, -0.25) is 0 Å². The minimum atomic E-state index is 0.699. The number of nitrogens with zero attached hydrogens (tertiary/aromatic N) is 1. The van der Waals surface area contributed by atoms with Gasteiger partial charge < -0.3 is 10.6 Å². The summed E-state index contributed by atoms with van der Waals surface area (Å²) in [5.41, 5.74) is 5.70. The van der Waals surface area contributed by atoms with Crippen LogP contribution in [0.15, 0.2) is 0 Å². The van der Waals surface area contributed by atoms with Gasteiger partial charge in [0.2, 0.25) is 0 Å². The second kappa shape index (κ2) is 6.02. The van der Waals surface area contributed by atoms with Gasteiger partial charge in [-0.15, -0.1) is 0 Å². The molecule has 16 heavy (non-hydrogen) atoms. The summed E-state index contributed by atoms with van der Waals surface area (Å²) < 4.78 is 0. The van der Waals surface area contributed by atoms with Crippen LogP contribution in [0.3, 0.4) is 0 Å². The topological polar surface area (TPSA) is 29.3 Å². The predicted octanol–water partition coefficient (Wildman–Crippen LogP) is 2.63. The van der Waals surface area contributed by atoms with Gasteiger partial charge in [0.1, 0.15) is 0 Å². The van der Waals surface area contributed by atoms with E-state index in [1.165, 1.54) is 58.0 Å². The molecule has 1 heterocycles. The Balaban J connectivity index is 1.78. The fourth-order valence-corrected chi connectivity index (χ4v) is 3.51. The van der Waals surface area contributed by atoms with Gasteiger partial charge in [0.05, 0.1) is 0 Å². The molecule has 1 aliphatic carbocycles. The van der Waals surface area contributed by atoms with Crippen LogP contribution < -0.4 is 5.73 Å². The Bertz CT molecular complexity index is 199. The lowest BCUT2D eigenvalue weighted by atomic mass is 9.95. The van der Waals surface area contributed by atoms with Gasteiger partial charge in [-0.1, -0.05) is 19.8 Å². The van der Waals surface area contributed by atoms with Crippen molar-refractivity contribution in [2.24, 2.45) is 17.6 Å². The molecule has 0 radical (unpaired) electrons. The summed E-state index contributed by atoms with van der Waals surface area (Å²) in [4.78, 5) is 2.77. The fraction of sp³-hybridized carbons (Fsp3) is 1.00. The van der Waals surface area contributed by atoms with Crippen molar-refractivity contribution in [1.29, 1.82) is 0 Å². The van der Waals surface area contributed by atoms with Gasteiger partial charge >= 0.3 is 0 Å². The number of likely N-dealkylation sites (tertiary alicyclic amines) is 1. The molecule has 2 aliphatic rings. The first-order valence-electron chi connectivity index (χ1n) is 7.25. The smallest absolute Gasteiger partial charge is 0.0124 e. The van der Waals surface area contributed by atoms with E-state index < -0.39 is 0 Å². The summed E-state index contributed by atoms with van der Waals surface area (Å²) in [5.74, 6) is 1.72. The number of nitrogens with two attached hydrogens (primary N) is 1. The quantitative estimate of drug-likeness (QED) is 0.778. The van der Waals surface area contributed by atoms with Gasteiger partial charge in [0.25, 0.3) is 0 Å². The van der Waals surface area contributed by atoms with Gasteiger partial charge in [0.15, 0.2) is 0 Å². The van der Waals surface area contributed by atoms with E-state index >= 15 is 0 Å². The third-order valence-corrected chi connectivity index (χ3v) is 4.67. The first-order chi connectivity index (χ1) is 7.81. The molecule has 2 heteroatoms. The Morgan fingerprint density at radius 2 is 1.94 bits per heavy atom. The summed E-state index contributed by atoms with van der Waals surface area (Å²) in [6.07, 6.45) is 10.1. The monoisotopic (exact) mass is 224 g/mol. The van der Waals surface area contributed by atoms with E-state index in [0.29, 0.717) is 5.92 Å². The molecule has 2 fully saturated rings. The molecule has 2 unspecified atom stereocenters. The Morgan fingerprint density at radius 1 is 1.19 bits per heavy atom. The molecule has 1 aliphatic heterocycles. The molecule has 1 saturated heterocycles. The molecule has 0 aromatic heterocycles. The maximum absolute atomic E-state index is 5.70. The van der Waals surface area contributed by atoms with Crippen LogP contribution in [0.25, 0.3) is 0 Å². The van der Waals surface area contributed by atoms with Crippen LogP contribution in [0.5, 0.6) is 0 Å². The molecular formula is C14H28N2. The lowest BCUT2D eigenvalue weighted by Crippen LogP contribution is -2.36. The predicted molar refractivity (Wildman–Crippen MR) is 69.4 cm³/mol. The van der Waals surface area contributed by atoms with Crippen LogP contribution in [0, 0.1) is 11.8 Å². The zero-order valence-electron chi connectivity index (χ0n) is 10.8. The SMILES string of the molecule is CC(CN)CCN1CCCC1C1CCCC1. The molecule has 0 aromatic rings. The third-order valence-electron chi connectivity index (χ3n) is 4.67. The van der Waals surface area contributed by atoms with E-state index in [9.17, 15) is 0 Å². The second-order valence-corrected chi connectivity index (χ2v) is 5.92. The minimum absolute atomic E-state index is 0.699. The average molecular weight is 224 g/mol. The van der Waals surface area contributed by atoms with Gasteiger partial charge in [0, 0.05) is 6.04 Å². The zero-order chi connectivity index (χ0) is 11.4. The minimum Gasteiger partial charge on any atom is -0.330 e. The Morgan fingerprint density at radius 3 is 2.62 bits per heavy atom. The van der Waals surface area contributed by atoms with Crippen LogP contribution in [0.4, 0.5) is 0 Å². The highest BCUT2D eigenvalue weighted by Crippen LogP contribution is 2.35. The van der Waals surface area contributed by atoms with Crippen molar-refractivity contribution in [3.63, 3.8) is 0 Å². The summed E-state index contributed by atoms with van der Waals surface area (Å²) >= 11 is 0. The van der Waals surface area contributed by atoms with Crippen molar-refractivity contribution in [1.82, 2.24) is 4.90 Å². The number of rotatable bonds is 5. The third kappa shape index (κ3) is 2.98. The number of hydrogen-bond donors (Lipinski definition) is 1. The van der Waals surface area contributed by atoms with E-state index in [2.05, 4.69) is 11.8 Å². The van der Waals surface area contributed by atoms with Gasteiger partial charge in [-0.2, -0.15) is 0 Å². The summed E-state index contributed by atoms with van der Waals surface area (Å²) in [7, 11) is 0. The average Bonchev–Trinajstić information content (AvgIpc) is 2.95. The molecule has 0 spiro atoms. The molecule has 2 nitrogen and oxygen atoms in total. The van der Waals surface area contributed by atoms with Crippen LogP contribution in [-0.4, -0.2) is 30.6 Å². The largest absolute Gasteiger partial charge is 0.330 e. The van der Waals surface area contributed by atoms with Crippen molar-refractivity contribution in [3.8, 4) is 0 Å². The van der Waals surface area contributed by atoms with Gasteiger partial charge in [-0.05, 0) is 63.6 Å².